The molecule has 0 aromatic carbocycles. The molecule has 0 aliphatic rings. The minimum absolute atomic E-state index is 0.110. The predicted molar refractivity (Wildman–Crippen MR) is 53.7 cm³/mol. The number of ether oxygens (including phenoxy) is 1. The zero-order valence-corrected chi connectivity index (χ0v) is 9.07. The Labute approximate surface area is 84.1 Å². The quantitative estimate of drug-likeness (QED) is 0.416. The fraction of sp³-hybridized carbons (Fsp3) is 0.778. The van der Waals surface area contributed by atoms with Crippen LogP contribution in [0.25, 0.3) is 0 Å². The van der Waals surface area contributed by atoms with Crippen LogP contribution in [0.2, 0.25) is 0 Å². The number of rotatable bonds is 3. The van der Waals surface area contributed by atoms with Gasteiger partial charge in [-0.05, 0) is 27.7 Å². The first-order chi connectivity index (χ1) is 6.35. The third-order valence-electron chi connectivity index (χ3n) is 1.30. The third kappa shape index (κ3) is 7.39. The molecule has 0 spiro atoms. The summed E-state index contributed by atoms with van der Waals surface area (Å²) in [5.41, 5.74) is -0.491. The summed E-state index contributed by atoms with van der Waals surface area (Å²) in [5, 5.41) is 13.6. The Morgan fingerprint density at radius 3 is 2.64 bits per heavy atom. The lowest BCUT2D eigenvalue weighted by Gasteiger charge is -2.21. The molecule has 0 saturated carbocycles. The van der Waals surface area contributed by atoms with Crippen molar-refractivity contribution in [1.82, 2.24) is 5.32 Å². The van der Waals surface area contributed by atoms with Crippen LogP contribution in [0.4, 0.5) is 4.79 Å². The number of amides is 1. The Balaban J connectivity index is 3.83. The molecule has 14 heavy (non-hydrogen) atoms. The highest BCUT2D eigenvalue weighted by Gasteiger charge is 2.17. The molecule has 0 heterocycles. The number of alkyl carbamates (subject to hydrolysis) is 1. The lowest BCUT2D eigenvalue weighted by atomic mass is 10.2. The van der Waals surface area contributed by atoms with Crippen LogP contribution in [-0.2, 0) is 4.74 Å². The van der Waals surface area contributed by atoms with Crippen molar-refractivity contribution in [3.05, 3.63) is 0 Å². The van der Waals surface area contributed by atoms with E-state index in [0.29, 0.717) is 6.42 Å². The first-order valence-electron chi connectivity index (χ1n) is 4.50. The van der Waals surface area contributed by atoms with Crippen LogP contribution in [0.5, 0.6) is 0 Å². The second-order valence-electron chi connectivity index (χ2n) is 4.08. The Bertz CT molecular complexity index is 209. The molecule has 2 N–H and O–H groups in total. The minimum atomic E-state index is -0.491. The zero-order chi connectivity index (χ0) is 11.2. The summed E-state index contributed by atoms with van der Waals surface area (Å²) in [5.74, 6) is 0. The second-order valence-corrected chi connectivity index (χ2v) is 4.08. The highest BCUT2D eigenvalue weighted by atomic mass is 16.6. The van der Waals surface area contributed by atoms with Gasteiger partial charge in [-0.1, -0.05) is 0 Å². The fourth-order valence-electron chi connectivity index (χ4n) is 0.773. The van der Waals surface area contributed by atoms with E-state index >= 15 is 0 Å². The van der Waals surface area contributed by atoms with Crippen LogP contribution in [0.3, 0.4) is 0 Å². The average Bonchev–Trinajstić information content (AvgIpc) is 1.96. The molecule has 0 aliphatic carbocycles. The molecule has 1 atom stereocenters. The van der Waals surface area contributed by atoms with E-state index in [9.17, 15) is 4.79 Å². The van der Waals surface area contributed by atoms with Crippen LogP contribution in [-0.4, -0.2) is 29.2 Å². The maximum absolute atomic E-state index is 11.2. The van der Waals surface area contributed by atoms with E-state index in [4.69, 9.17) is 9.94 Å². The molecule has 0 rings (SSSR count). The highest BCUT2D eigenvalue weighted by Crippen LogP contribution is 2.06. The summed E-state index contributed by atoms with van der Waals surface area (Å²) < 4.78 is 5.03. The van der Waals surface area contributed by atoms with Gasteiger partial charge in [0.1, 0.15) is 5.60 Å². The summed E-state index contributed by atoms with van der Waals surface area (Å²) in [6.07, 6.45) is 1.33. The van der Waals surface area contributed by atoms with Crippen LogP contribution in [0.1, 0.15) is 34.1 Å². The van der Waals surface area contributed by atoms with Crippen LogP contribution < -0.4 is 5.32 Å². The van der Waals surface area contributed by atoms with Gasteiger partial charge in [-0.15, -0.1) is 5.16 Å². The number of carbonyl (C=O) groups excluding carboxylic acids is 1. The van der Waals surface area contributed by atoms with Crippen molar-refractivity contribution in [3.8, 4) is 0 Å². The number of nitrogens with zero attached hydrogens (tertiary/aromatic N) is 1. The van der Waals surface area contributed by atoms with Crippen LogP contribution in [0, 0.1) is 0 Å². The molecule has 82 valence electrons. The van der Waals surface area contributed by atoms with Gasteiger partial charge in [0.05, 0.1) is 0 Å². The van der Waals surface area contributed by atoms with E-state index in [0.717, 1.165) is 0 Å². The van der Waals surface area contributed by atoms with Crippen LogP contribution in [0.15, 0.2) is 5.16 Å². The van der Waals surface area contributed by atoms with E-state index in [2.05, 4.69) is 10.5 Å². The summed E-state index contributed by atoms with van der Waals surface area (Å²) in [6.45, 7) is 7.19. The van der Waals surface area contributed by atoms with Crippen molar-refractivity contribution in [2.75, 3.05) is 0 Å². The zero-order valence-electron chi connectivity index (χ0n) is 9.07. The molecule has 0 fully saturated rings. The first-order valence-corrected chi connectivity index (χ1v) is 4.50. The largest absolute Gasteiger partial charge is 0.444 e. The van der Waals surface area contributed by atoms with Crippen molar-refractivity contribution in [3.63, 3.8) is 0 Å². The molecule has 5 nitrogen and oxygen atoms in total. The van der Waals surface area contributed by atoms with Gasteiger partial charge >= 0.3 is 6.09 Å². The molecule has 0 saturated heterocycles. The van der Waals surface area contributed by atoms with Gasteiger partial charge in [0, 0.05) is 18.7 Å². The van der Waals surface area contributed by atoms with Crippen molar-refractivity contribution in [1.29, 1.82) is 0 Å². The normalized spacial score (nSPS) is 14.0. The number of oxime groups is 1. The number of nitrogens with one attached hydrogen (secondary N) is 1. The molecule has 0 aliphatic heterocycles. The maximum atomic E-state index is 11.2. The van der Waals surface area contributed by atoms with Gasteiger partial charge in [-0.3, -0.25) is 0 Å². The molecule has 0 bridgehead atoms. The molecule has 1 amide bonds. The number of hydrogen-bond acceptors (Lipinski definition) is 4. The predicted octanol–water partition coefficient (Wildman–Crippen LogP) is 1.75. The first kappa shape index (κ1) is 12.7. The van der Waals surface area contributed by atoms with Crippen molar-refractivity contribution in [2.24, 2.45) is 5.16 Å². The topological polar surface area (TPSA) is 70.9 Å². The summed E-state index contributed by atoms with van der Waals surface area (Å²) in [7, 11) is 0. The van der Waals surface area contributed by atoms with Gasteiger partial charge in [0.2, 0.25) is 0 Å². The van der Waals surface area contributed by atoms with Gasteiger partial charge in [-0.25, -0.2) is 4.79 Å². The van der Waals surface area contributed by atoms with E-state index in [1.54, 1.807) is 27.7 Å². The summed E-state index contributed by atoms with van der Waals surface area (Å²) in [4.78, 5) is 11.2. The molecular weight excluding hydrogens is 184 g/mol. The lowest BCUT2D eigenvalue weighted by Crippen LogP contribution is -2.37. The van der Waals surface area contributed by atoms with Gasteiger partial charge in [0.15, 0.2) is 0 Å². The minimum Gasteiger partial charge on any atom is -0.444 e. The van der Waals surface area contributed by atoms with Gasteiger partial charge in [-0.2, -0.15) is 0 Å². The summed E-state index contributed by atoms with van der Waals surface area (Å²) in [6, 6.07) is -0.110. The fourth-order valence-corrected chi connectivity index (χ4v) is 0.773. The van der Waals surface area contributed by atoms with Gasteiger partial charge in [0.25, 0.3) is 0 Å². The Morgan fingerprint density at radius 2 is 2.21 bits per heavy atom. The summed E-state index contributed by atoms with van der Waals surface area (Å²) >= 11 is 0. The average molecular weight is 202 g/mol. The molecule has 0 aromatic rings. The van der Waals surface area contributed by atoms with Crippen molar-refractivity contribution >= 4 is 12.3 Å². The molecule has 0 radical (unpaired) electrons. The van der Waals surface area contributed by atoms with Crippen LogP contribution >= 0.6 is 0 Å². The SMILES string of the molecule is C[C@H](C/C=N/O)NC(=O)OC(C)(C)C. The maximum Gasteiger partial charge on any atom is 0.407 e. The molecule has 0 unspecified atom stereocenters. The van der Waals surface area contributed by atoms with Crippen molar-refractivity contribution < 1.29 is 14.7 Å². The lowest BCUT2D eigenvalue weighted by molar-refractivity contribution is 0.0510. The Hall–Kier alpha value is -1.26. The third-order valence-corrected chi connectivity index (χ3v) is 1.30. The van der Waals surface area contributed by atoms with E-state index < -0.39 is 11.7 Å². The second kappa shape index (κ2) is 5.47. The molecular formula is C9H18N2O3. The van der Waals surface area contributed by atoms with E-state index in [1.165, 1.54) is 6.21 Å². The Kier molecular flexibility index (Phi) is 4.97. The number of carbonyl (C=O) groups is 1. The smallest absolute Gasteiger partial charge is 0.407 e. The van der Waals surface area contributed by atoms with E-state index in [-0.39, 0.29) is 6.04 Å². The van der Waals surface area contributed by atoms with Crippen molar-refractivity contribution in [2.45, 2.75) is 45.8 Å². The highest BCUT2D eigenvalue weighted by molar-refractivity contribution is 5.69. The molecule has 5 heteroatoms. The Morgan fingerprint density at radius 1 is 1.64 bits per heavy atom. The van der Waals surface area contributed by atoms with Gasteiger partial charge < -0.3 is 15.3 Å². The van der Waals surface area contributed by atoms with E-state index in [1.807, 2.05) is 0 Å². The standard InChI is InChI=1S/C9H18N2O3/c1-7(5-6-10-13)11-8(12)14-9(2,3)4/h6-7,13H,5H2,1-4H3,(H,11,12)/b10-6+/t7-/m1/s1. The molecule has 0 aromatic heterocycles. The number of hydrogen-bond donors (Lipinski definition) is 2. The monoisotopic (exact) mass is 202 g/mol.